The van der Waals surface area contributed by atoms with Crippen molar-refractivity contribution in [1.82, 2.24) is 5.32 Å². The average molecular weight is 403 g/mol. The third kappa shape index (κ3) is 5.85. The molecule has 0 aliphatic heterocycles. The first-order valence-electron chi connectivity index (χ1n) is 9.66. The van der Waals surface area contributed by atoms with Crippen molar-refractivity contribution in [2.45, 2.75) is 26.3 Å². The lowest BCUT2D eigenvalue weighted by atomic mass is 10.0. The Morgan fingerprint density at radius 3 is 2.37 bits per heavy atom. The molecular weight excluding hydrogens is 378 g/mol. The lowest BCUT2D eigenvalue weighted by molar-refractivity contribution is -0.116. The number of primary amides is 1. The average Bonchev–Trinajstić information content (AvgIpc) is 2.70. The molecule has 0 saturated heterocycles. The Morgan fingerprint density at radius 1 is 0.933 bits per heavy atom. The van der Waals surface area contributed by atoms with Crippen LogP contribution in [0.2, 0.25) is 0 Å². The fourth-order valence-corrected chi connectivity index (χ4v) is 3.18. The van der Waals surface area contributed by atoms with Crippen molar-refractivity contribution in [2.24, 2.45) is 5.73 Å². The first-order valence-corrected chi connectivity index (χ1v) is 9.66. The second-order valence-electron chi connectivity index (χ2n) is 7.12. The molecule has 6 heteroatoms. The van der Waals surface area contributed by atoms with Gasteiger partial charge in [0.15, 0.2) is 0 Å². The van der Waals surface area contributed by atoms with E-state index in [4.69, 9.17) is 10.5 Å². The molecule has 0 aromatic heterocycles. The molecule has 6 nitrogen and oxygen atoms in total. The van der Waals surface area contributed by atoms with Crippen LogP contribution in [0.1, 0.15) is 29.2 Å². The number of para-hydroxylation sites is 1. The quantitative estimate of drug-likeness (QED) is 0.527. The van der Waals surface area contributed by atoms with E-state index in [0.29, 0.717) is 11.5 Å². The van der Waals surface area contributed by atoms with Crippen LogP contribution in [-0.4, -0.2) is 11.9 Å². The zero-order valence-electron chi connectivity index (χ0n) is 17.0. The summed E-state index contributed by atoms with van der Waals surface area (Å²) in [5.74, 6) is 1.07. The molecule has 0 aliphatic carbocycles. The summed E-state index contributed by atoms with van der Waals surface area (Å²) in [5.41, 5.74) is 8.90. The summed E-state index contributed by atoms with van der Waals surface area (Å²) in [7, 11) is 0. The van der Waals surface area contributed by atoms with Gasteiger partial charge >= 0.3 is 6.03 Å². The Bertz CT molecular complexity index is 1030. The van der Waals surface area contributed by atoms with Crippen LogP contribution in [0.25, 0.3) is 0 Å². The summed E-state index contributed by atoms with van der Waals surface area (Å²) in [6.45, 7) is 3.93. The maximum Gasteiger partial charge on any atom is 0.312 e. The van der Waals surface area contributed by atoms with Crippen LogP contribution in [0.3, 0.4) is 0 Å². The molecular formula is C24H25N3O3. The fourth-order valence-electron chi connectivity index (χ4n) is 3.18. The van der Waals surface area contributed by atoms with Crippen LogP contribution < -0.4 is 21.1 Å². The van der Waals surface area contributed by atoms with E-state index in [2.05, 4.69) is 10.6 Å². The highest BCUT2D eigenvalue weighted by atomic mass is 16.5. The van der Waals surface area contributed by atoms with Crippen molar-refractivity contribution in [3.63, 3.8) is 0 Å². The number of carbonyl (C=O) groups is 2. The van der Waals surface area contributed by atoms with Crippen molar-refractivity contribution in [3.8, 4) is 11.5 Å². The molecule has 0 radical (unpaired) electrons. The van der Waals surface area contributed by atoms with Crippen molar-refractivity contribution >= 4 is 17.6 Å². The molecule has 0 fully saturated rings. The third-order valence-electron chi connectivity index (χ3n) is 4.60. The standard InChI is InChI=1S/C24H25N3O3/c1-16-11-12-21(17(2)13-16)26-23(28)15-22(27-24(25)29)18-7-6-10-20(14-18)30-19-8-4-3-5-9-19/h3-14,22H,15H2,1-2H3,(H,26,28)(H3,25,27,29). The van der Waals surface area contributed by atoms with E-state index < -0.39 is 12.1 Å². The number of urea groups is 1. The molecule has 3 aromatic carbocycles. The molecule has 30 heavy (non-hydrogen) atoms. The van der Waals surface area contributed by atoms with Gasteiger partial charge in [-0.05, 0) is 55.3 Å². The topological polar surface area (TPSA) is 93.5 Å². The SMILES string of the molecule is Cc1ccc(NC(=O)CC(NC(N)=O)c2cccc(Oc3ccccc3)c2)c(C)c1. The van der Waals surface area contributed by atoms with Gasteiger partial charge in [-0.2, -0.15) is 0 Å². The van der Waals surface area contributed by atoms with E-state index in [1.165, 1.54) is 0 Å². The second kappa shape index (κ2) is 9.60. The molecule has 0 spiro atoms. The zero-order valence-corrected chi connectivity index (χ0v) is 17.0. The number of nitrogens with one attached hydrogen (secondary N) is 2. The largest absolute Gasteiger partial charge is 0.457 e. The van der Waals surface area contributed by atoms with Crippen molar-refractivity contribution in [2.75, 3.05) is 5.32 Å². The number of carbonyl (C=O) groups excluding carboxylic acids is 2. The van der Waals surface area contributed by atoms with Crippen LogP contribution in [0, 0.1) is 13.8 Å². The van der Waals surface area contributed by atoms with Crippen LogP contribution in [0.4, 0.5) is 10.5 Å². The first-order chi connectivity index (χ1) is 14.4. The minimum absolute atomic E-state index is 0.0328. The smallest absolute Gasteiger partial charge is 0.312 e. The Hall–Kier alpha value is -3.80. The maximum absolute atomic E-state index is 12.7. The van der Waals surface area contributed by atoms with E-state index in [9.17, 15) is 9.59 Å². The van der Waals surface area contributed by atoms with Gasteiger partial charge in [-0.25, -0.2) is 4.79 Å². The normalized spacial score (nSPS) is 11.4. The van der Waals surface area contributed by atoms with Gasteiger partial charge in [0.25, 0.3) is 0 Å². The highest BCUT2D eigenvalue weighted by molar-refractivity contribution is 5.92. The molecule has 154 valence electrons. The van der Waals surface area contributed by atoms with Crippen molar-refractivity contribution in [1.29, 1.82) is 0 Å². The minimum Gasteiger partial charge on any atom is -0.457 e. The molecule has 3 amide bonds. The molecule has 3 aromatic rings. The lowest BCUT2D eigenvalue weighted by Gasteiger charge is -2.19. The van der Waals surface area contributed by atoms with E-state index in [0.717, 1.165) is 22.4 Å². The van der Waals surface area contributed by atoms with Gasteiger partial charge in [0, 0.05) is 5.69 Å². The molecule has 0 saturated carbocycles. The number of anilines is 1. The number of hydrogen-bond donors (Lipinski definition) is 3. The van der Waals surface area contributed by atoms with Gasteiger partial charge in [-0.3, -0.25) is 4.79 Å². The van der Waals surface area contributed by atoms with Crippen LogP contribution in [-0.2, 0) is 4.79 Å². The maximum atomic E-state index is 12.7. The van der Waals surface area contributed by atoms with Crippen LogP contribution >= 0.6 is 0 Å². The van der Waals surface area contributed by atoms with E-state index in [-0.39, 0.29) is 12.3 Å². The second-order valence-corrected chi connectivity index (χ2v) is 7.12. The van der Waals surface area contributed by atoms with Gasteiger partial charge < -0.3 is 21.1 Å². The molecule has 4 N–H and O–H groups in total. The number of rotatable bonds is 7. The number of benzene rings is 3. The Morgan fingerprint density at radius 2 is 1.67 bits per heavy atom. The number of amides is 3. The first kappa shape index (κ1) is 20.9. The fraction of sp³-hybridized carbons (Fsp3) is 0.167. The summed E-state index contributed by atoms with van der Waals surface area (Å²) in [6, 6.07) is 21.1. The van der Waals surface area contributed by atoms with Crippen molar-refractivity contribution in [3.05, 3.63) is 89.5 Å². The monoisotopic (exact) mass is 403 g/mol. The van der Waals surface area contributed by atoms with Crippen LogP contribution in [0.15, 0.2) is 72.8 Å². The van der Waals surface area contributed by atoms with Gasteiger partial charge in [0.1, 0.15) is 11.5 Å². The summed E-state index contributed by atoms with van der Waals surface area (Å²) >= 11 is 0. The summed E-state index contributed by atoms with van der Waals surface area (Å²) in [4.78, 5) is 24.2. The van der Waals surface area contributed by atoms with E-state index in [1.54, 1.807) is 6.07 Å². The Labute approximate surface area is 176 Å². The Kier molecular flexibility index (Phi) is 6.70. The molecule has 1 atom stereocenters. The number of nitrogens with two attached hydrogens (primary N) is 1. The van der Waals surface area contributed by atoms with Gasteiger partial charge in [0.2, 0.25) is 5.91 Å². The molecule has 0 bridgehead atoms. The van der Waals surface area contributed by atoms with Gasteiger partial charge in [-0.15, -0.1) is 0 Å². The molecule has 0 heterocycles. The van der Waals surface area contributed by atoms with Crippen LogP contribution in [0.5, 0.6) is 11.5 Å². The third-order valence-corrected chi connectivity index (χ3v) is 4.60. The minimum atomic E-state index is -0.700. The highest BCUT2D eigenvalue weighted by Gasteiger charge is 2.19. The molecule has 0 aliphatic rings. The summed E-state index contributed by atoms with van der Waals surface area (Å²) in [5, 5.41) is 5.55. The van der Waals surface area contributed by atoms with Gasteiger partial charge in [0.05, 0.1) is 12.5 Å². The van der Waals surface area contributed by atoms with Crippen molar-refractivity contribution < 1.29 is 14.3 Å². The zero-order chi connectivity index (χ0) is 21.5. The van der Waals surface area contributed by atoms with E-state index in [1.807, 2.05) is 80.6 Å². The Balaban J connectivity index is 1.76. The summed E-state index contributed by atoms with van der Waals surface area (Å²) < 4.78 is 5.86. The highest BCUT2D eigenvalue weighted by Crippen LogP contribution is 2.26. The number of ether oxygens (including phenoxy) is 1. The predicted octanol–water partition coefficient (Wildman–Crippen LogP) is 4.83. The number of hydrogen-bond acceptors (Lipinski definition) is 3. The summed E-state index contributed by atoms with van der Waals surface area (Å²) in [6.07, 6.45) is 0.0328. The molecule has 3 rings (SSSR count). The molecule has 1 unspecified atom stereocenters. The number of aryl methyl sites for hydroxylation is 2. The lowest BCUT2D eigenvalue weighted by Crippen LogP contribution is -2.35. The van der Waals surface area contributed by atoms with E-state index >= 15 is 0 Å². The predicted molar refractivity (Wildman–Crippen MR) is 118 cm³/mol. The van der Waals surface area contributed by atoms with Gasteiger partial charge in [-0.1, -0.05) is 48.0 Å².